The Labute approximate surface area is 98.0 Å². The summed E-state index contributed by atoms with van der Waals surface area (Å²) in [4.78, 5) is 23.1. The third-order valence-corrected chi connectivity index (χ3v) is 3.27. The van der Waals surface area contributed by atoms with Crippen molar-refractivity contribution in [3.05, 3.63) is 0 Å². The second-order valence-corrected chi connectivity index (χ2v) is 5.48. The lowest BCUT2D eigenvalue weighted by Gasteiger charge is -2.27. The zero-order chi connectivity index (χ0) is 12.2. The van der Waals surface area contributed by atoms with Crippen molar-refractivity contribution in [1.82, 2.24) is 5.32 Å². The zero-order valence-corrected chi connectivity index (χ0v) is 10.6. The van der Waals surface area contributed by atoms with Gasteiger partial charge in [0.2, 0.25) is 5.91 Å². The molecule has 16 heavy (non-hydrogen) atoms. The zero-order valence-electron chi connectivity index (χ0n) is 10.6. The van der Waals surface area contributed by atoms with Crippen LogP contribution in [0.1, 0.15) is 59.3 Å². The van der Waals surface area contributed by atoms with Gasteiger partial charge in [-0.2, -0.15) is 0 Å². The number of ketones is 1. The molecule has 1 aliphatic rings. The Hall–Kier alpha value is -0.860. The van der Waals surface area contributed by atoms with Gasteiger partial charge in [0, 0.05) is 18.9 Å². The second-order valence-electron chi connectivity index (χ2n) is 5.48. The number of hydrogen-bond acceptors (Lipinski definition) is 2. The minimum Gasteiger partial charge on any atom is -0.354 e. The van der Waals surface area contributed by atoms with Crippen LogP contribution in [-0.2, 0) is 9.59 Å². The standard InChI is InChI=1S/C13H23NO2/c1-10(2)14-12(16)9-13(8-11(3)15)6-4-5-7-13/h10H,4-9H2,1-3H3,(H,14,16). The molecule has 92 valence electrons. The number of Topliss-reactive ketones (excluding diaryl/α,β-unsaturated/α-hetero) is 1. The Morgan fingerprint density at radius 2 is 1.75 bits per heavy atom. The van der Waals surface area contributed by atoms with Crippen LogP contribution in [0.5, 0.6) is 0 Å². The lowest BCUT2D eigenvalue weighted by atomic mass is 9.78. The molecular formula is C13H23NO2. The first kappa shape index (κ1) is 13.2. The van der Waals surface area contributed by atoms with E-state index in [-0.39, 0.29) is 23.1 Å². The van der Waals surface area contributed by atoms with Gasteiger partial charge >= 0.3 is 0 Å². The van der Waals surface area contributed by atoms with Crippen LogP contribution in [0, 0.1) is 5.41 Å². The summed E-state index contributed by atoms with van der Waals surface area (Å²) in [6.45, 7) is 5.55. The monoisotopic (exact) mass is 225 g/mol. The summed E-state index contributed by atoms with van der Waals surface area (Å²) >= 11 is 0. The molecular weight excluding hydrogens is 202 g/mol. The molecule has 1 N–H and O–H groups in total. The molecule has 1 fully saturated rings. The minimum absolute atomic E-state index is 0.0369. The predicted molar refractivity (Wildman–Crippen MR) is 64.1 cm³/mol. The highest BCUT2D eigenvalue weighted by molar-refractivity contribution is 5.80. The van der Waals surface area contributed by atoms with E-state index in [2.05, 4.69) is 5.32 Å². The summed E-state index contributed by atoms with van der Waals surface area (Å²) < 4.78 is 0. The molecule has 0 spiro atoms. The minimum atomic E-state index is -0.0369. The molecule has 3 heteroatoms. The fraction of sp³-hybridized carbons (Fsp3) is 0.846. The van der Waals surface area contributed by atoms with Gasteiger partial charge in [0.25, 0.3) is 0 Å². The van der Waals surface area contributed by atoms with E-state index in [1.165, 1.54) is 0 Å². The van der Waals surface area contributed by atoms with Crippen LogP contribution in [0.2, 0.25) is 0 Å². The fourth-order valence-corrected chi connectivity index (χ4v) is 2.78. The molecule has 0 atom stereocenters. The smallest absolute Gasteiger partial charge is 0.220 e. The molecule has 1 saturated carbocycles. The highest BCUT2D eigenvalue weighted by atomic mass is 16.1. The van der Waals surface area contributed by atoms with Gasteiger partial charge in [-0.15, -0.1) is 0 Å². The normalized spacial score (nSPS) is 18.8. The number of amides is 1. The fourth-order valence-electron chi connectivity index (χ4n) is 2.78. The van der Waals surface area contributed by atoms with Crippen LogP contribution in [-0.4, -0.2) is 17.7 Å². The van der Waals surface area contributed by atoms with Crippen molar-refractivity contribution in [2.75, 3.05) is 0 Å². The number of carbonyl (C=O) groups excluding carboxylic acids is 2. The lowest BCUT2D eigenvalue weighted by molar-refractivity contribution is -0.125. The summed E-state index contributed by atoms with van der Waals surface area (Å²) in [6.07, 6.45) is 5.45. The van der Waals surface area contributed by atoms with Crippen LogP contribution in [0.3, 0.4) is 0 Å². The number of carbonyl (C=O) groups is 2. The van der Waals surface area contributed by atoms with E-state index in [4.69, 9.17) is 0 Å². The van der Waals surface area contributed by atoms with Gasteiger partial charge in [-0.1, -0.05) is 12.8 Å². The molecule has 1 amide bonds. The third-order valence-electron chi connectivity index (χ3n) is 3.27. The maximum Gasteiger partial charge on any atom is 0.220 e. The van der Waals surface area contributed by atoms with E-state index in [0.29, 0.717) is 12.8 Å². The average molecular weight is 225 g/mol. The van der Waals surface area contributed by atoms with Crippen molar-refractivity contribution >= 4 is 11.7 Å². The molecule has 0 bridgehead atoms. The van der Waals surface area contributed by atoms with Gasteiger partial charge in [0.15, 0.2) is 0 Å². The van der Waals surface area contributed by atoms with Crippen molar-refractivity contribution in [3.8, 4) is 0 Å². The topological polar surface area (TPSA) is 46.2 Å². The Bertz CT molecular complexity index is 265. The molecule has 0 aromatic heterocycles. The molecule has 0 aromatic carbocycles. The van der Waals surface area contributed by atoms with E-state index in [1.807, 2.05) is 13.8 Å². The van der Waals surface area contributed by atoms with Crippen molar-refractivity contribution < 1.29 is 9.59 Å². The first-order chi connectivity index (χ1) is 7.43. The molecule has 0 aliphatic heterocycles. The first-order valence-electron chi connectivity index (χ1n) is 6.22. The Kier molecular flexibility index (Phi) is 4.51. The first-order valence-corrected chi connectivity index (χ1v) is 6.22. The lowest BCUT2D eigenvalue weighted by Crippen LogP contribution is -2.35. The van der Waals surface area contributed by atoms with Gasteiger partial charge in [0.1, 0.15) is 5.78 Å². The molecule has 1 aliphatic carbocycles. The number of hydrogen-bond donors (Lipinski definition) is 1. The Morgan fingerprint density at radius 3 is 2.19 bits per heavy atom. The highest BCUT2D eigenvalue weighted by Crippen LogP contribution is 2.44. The van der Waals surface area contributed by atoms with Gasteiger partial charge in [-0.05, 0) is 39.0 Å². The van der Waals surface area contributed by atoms with Crippen LogP contribution in [0.15, 0.2) is 0 Å². The summed E-state index contributed by atoms with van der Waals surface area (Å²) in [5, 5.41) is 2.92. The SMILES string of the molecule is CC(=O)CC1(CC(=O)NC(C)C)CCCC1. The van der Waals surface area contributed by atoms with E-state index in [1.54, 1.807) is 6.92 Å². The van der Waals surface area contributed by atoms with Crippen LogP contribution < -0.4 is 5.32 Å². The van der Waals surface area contributed by atoms with Gasteiger partial charge in [0.05, 0.1) is 0 Å². The molecule has 0 heterocycles. The summed E-state index contributed by atoms with van der Waals surface area (Å²) in [5.41, 5.74) is -0.0369. The maximum absolute atomic E-state index is 11.8. The quantitative estimate of drug-likeness (QED) is 0.781. The van der Waals surface area contributed by atoms with Crippen molar-refractivity contribution in [2.45, 2.75) is 65.3 Å². The summed E-state index contributed by atoms with van der Waals surface area (Å²) in [7, 11) is 0. The van der Waals surface area contributed by atoms with Crippen LogP contribution >= 0.6 is 0 Å². The third kappa shape index (κ3) is 3.95. The largest absolute Gasteiger partial charge is 0.354 e. The second kappa shape index (κ2) is 5.46. The van der Waals surface area contributed by atoms with Crippen molar-refractivity contribution in [3.63, 3.8) is 0 Å². The molecule has 0 saturated heterocycles. The maximum atomic E-state index is 11.8. The molecule has 1 rings (SSSR count). The molecule has 3 nitrogen and oxygen atoms in total. The van der Waals surface area contributed by atoms with Gasteiger partial charge < -0.3 is 10.1 Å². The van der Waals surface area contributed by atoms with Gasteiger partial charge in [-0.3, -0.25) is 4.79 Å². The number of rotatable bonds is 5. The molecule has 0 aromatic rings. The molecule has 0 radical (unpaired) electrons. The van der Waals surface area contributed by atoms with E-state index < -0.39 is 0 Å². The van der Waals surface area contributed by atoms with E-state index in [0.717, 1.165) is 25.7 Å². The predicted octanol–water partition coefficient (Wildman–Crippen LogP) is 2.44. The summed E-state index contributed by atoms with van der Waals surface area (Å²) in [6, 6.07) is 0.184. The van der Waals surface area contributed by atoms with Crippen LogP contribution in [0.25, 0.3) is 0 Å². The Morgan fingerprint density at radius 1 is 1.19 bits per heavy atom. The Balaban J connectivity index is 2.57. The van der Waals surface area contributed by atoms with Crippen molar-refractivity contribution in [2.24, 2.45) is 5.41 Å². The van der Waals surface area contributed by atoms with Crippen molar-refractivity contribution in [1.29, 1.82) is 0 Å². The highest BCUT2D eigenvalue weighted by Gasteiger charge is 2.36. The summed E-state index contributed by atoms with van der Waals surface area (Å²) in [5.74, 6) is 0.303. The average Bonchev–Trinajstić information content (AvgIpc) is 2.49. The van der Waals surface area contributed by atoms with E-state index >= 15 is 0 Å². The molecule has 0 unspecified atom stereocenters. The number of nitrogens with one attached hydrogen (secondary N) is 1. The van der Waals surface area contributed by atoms with E-state index in [9.17, 15) is 9.59 Å². The van der Waals surface area contributed by atoms with Crippen LogP contribution in [0.4, 0.5) is 0 Å². The van der Waals surface area contributed by atoms with Gasteiger partial charge in [-0.25, -0.2) is 0 Å².